The smallest absolute Gasteiger partial charge is 0.251 e. The lowest BCUT2D eigenvalue weighted by Gasteiger charge is -2.18. The SMILES string of the molecule is NCCCCNCCCCNCCCCNC(=O)c1ccc2c(c1)C(=O)c1ccccc1C2=O. The number of hydrogen-bond donors (Lipinski definition) is 4. The fraction of sp³-hybridized carbons (Fsp3) is 0.444. The molecule has 5 N–H and O–H groups in total. The highest BCUT2D eigenvalue weighted by molar-refractivity contribution is 6.28. The molecule has 0 radical (unpaired) electrons. The molecule has 1 aliphatic carbocycles. The fourth-order valence-corrected chi connectivity index (χ4v) is 4.06. The summed E-state index contributed by atoms with van der Waals surface area (Å²) >= 11 is 0. The van der Waals surface area contributed by atoms with Crippen molar-refractivity contribution in [2.75, 3.05) is 39.3 Å². The van der Waals surface area contributed by atoms with E-state index in [1.165, 1.54) is 6.07 Å². The Morgan fingerprint density at radius 1 is 0.647 bits per heavy atom. The van der Waals surface area contributed by atoms with E-state index in [9.17, 15) is 14.4 Å². The van der Waals surface area contributed by atoms with Gasteiger partial charge in [0.2, 0.25) is 0 Å². The minimum Gasteiger partial charge on any atom is -0.352 e. The lowest BCUT2D eigenvalue weighted by molar-refractivity contribution is 0.0950. The molecule has 0 spiro atoms. The maximum absolute atomic E-state index is 12.8. The monoisotopic (exact) mass is 464 g/mol. The van der Waals surface area contributed by atoms with Crippen molar-refractivity contribution in [2.24, 2.45) is 5.73 Å². The largest absolute Gasteiger partial charge is 0.352 e. The molecule has 0 heterocycles. The van der Waals surface area contributed by atoms with Crippen LogP contribution in [0.5, 0.6) is 0 Å². The quantitative estimate of drug-likeness (QED) is 0.257. The van der Waals surface area contributed by atoms with Crippen LogP contribution in [0.1, 0.15) is 80.7 Å². The number of benzene rings is 2. The Hall–Kier alpha value is -2.87. The van der Waals surface area contributed by atoms with Gasteiger partial charge in [0.1, 0.15) is 0 Å². The molecule has 2 aromatic rings. The lowest BCUT2D eigenvalue weighted by atomic mass is 9.83. The minimum atomic E-state index is -0.228. The minimum absolute atomic E-state index is 0.177. The predicted molar refractivity (Wildman–Crippen MR) is 135 cm³/mol. The van der Waals surface area contributed by atoms with E-state index in [1.807, 2.05) is 0 Å². The first kappa shape index (κ1) is 25.7. The first-order chi connectivity index (χ1) is 16.6. The van der Waals surface area contributed by atoms with Crippen LogP contribution < -0.4 is 21.7 Å². The molecule has 7 nitrogen and oxygen atoms in total. The van der Waals surface area contributed by atoms with E-state index in [0.717, 1.165) is 71.2 Å². The molecule has 0 atom stereocenters. The highest BCUT2D eigenvalue weighted by Crippen LogP contribution is 2.27. The van der Waals surface area contributed by atoms with Gasteiger partial charge in [-0.2, -0.15) is 0 Å². The summed E-state index contributed by atoms with van der Waals surface area (Å²) in [4.78, 5) is 38.1. The van der Waals surface area contributed by atoms with Gasteiger partial charge in [0.25, 0.3) is 5.91 Å². The fourth-order valence-electron chi connectivity index (χ4n) is 4.06. The van der Waals surface area contributed by atoms with Gasteiger partial charge in [-0.05, 0) is 89.4 Å². The van der Waals surface area contributed by atoms with Crippen LogP contribution in [0.2, 0.25) is 0 Å². The van der Waals surface area contributed by atoms with Gasteiger partial charge in [-0.1, -0.05) is 24.3 Å². The Kier molecular flexibility index (Phi) is 10.4. The van der Waals surface area contributed by atoms with Crippen LogP contribution in [0.3, 0.4) is 0 Å². The second kappa shape index (κ2) is 13.7. The second-order valence-electron chi connectivity index (χ2n) is 8.63. The Morgan fingerprint density at radius 3 is 1.74 bits per heavy atom. The Labute approximate surface area is 201 Å². The normalized spacial score (nSPS) is 12.4. The van der Waals surface area contributed by atoms with Gasteiger partial charge in [-0.25, -0.2) is 0 Å². The summed E-state index contributed by atoms with van der Waals surface area (Å²) in [5, 5.41) is 9.78. The zero-order valence-corrected chi connectivity index (χ0v) is 19.8. The summed E-state index contributed by atoms with van der Waals surface area (Å²) in [6.07, 6.45) is 6.38. The zero-order valence-electron chi connectivity index (χ0n) is 19.8. The van der Waals surface area contributed by atoms with Crippen LogP contribution in [0.15, 0.2) is 42.5 Å². The van der Waals surface area contributed by atoms with Crippen molar-refractivity contribution in [1.29, 1.82) is 0 Å². The molecular weight excluding hydrogens is 428 g/mol. The number of ketones is 2. The van der Waals surface area contributed by atoms with E-state index in [1.54, 1.807) is 36.4 Å². The van der Waals surface area contributed by atoms with Crippen molar-refractivity contribution in [3.63, 3.8) is 0 Å². The molecule has 1 aliphatic rings. The first-order valence-corrected chi connectivity index (χ1v) is 12.4. The summed E-state index contributed by atoms with van der Waals surface area (Å²) in [7, 11) is 0. The Bertz CT molecular complexity index is 990. The molecule has 1 amide bonds. The number of nitrogens with one attached hydrogen (secondary N) is 3. The van der Waals surface area contributed by atoms with Gasteiger partial charge in [-0.15, -0.1) is 0 Å². The maximum atomic E-state index is 12.8. The Balaban J connectivity index is 1.31. The molecule has 0 unspecified atom stereocenters. The maximum Gasteiger partial charge on any atom is 0.251 e. The van der Waals surface area contributed by atoms with Crippen LogP contribution in [0.25, 0.3) is 0 Å². The molecule has 0 saturated carbocycles. The number of unbranched alkanes of at least 4 members (excludes halogenated alkanes) is 3. The number of carbonyl (C=O) groups is 3. The third-order valence-corrected chi connectivity index (χ3v) is 6.02. The summed E-state index contributed by atoms with van der Waals surface area (Å²) in [6.45, 7) is 5.36. The van der Waals surface area contributed by atoms with Gasteiger partial charge in [0.05, 0.1) is 0 Å². The van der Waals surface area contributed by atoms with Crippen molar-refractivity contribution in [2.45, 2.75) is 38.5 Å². The van der Waals surface area contributed by atoms with Crippen LogP contribution in [0, 0.1) is 0 Å². The molecule has 0 fully saturated rings. The molecule has 182 valence electrons. The van der Waals surface area contributed by atoms with E-state index >= 15 is 0 Å². The van der Waals surface area contributed by atoms with Crippen LogP contribution in [-0.4, -0.2) is 56.7 Å². The van der Waals surface area contributed by atoms with Gasteiger partial charge in [-0.3, -0.25) is 14.4 Å². The topological polar surface area (TPSA) is 113 Å². The van der Waals surface area contributed by atoms with Crippen molar-refractivity contribution < 1.29 is 14.4 Å². The number of hydrogen-bond acceptors (Lipinski definition) is 6. The van der Waals surface area contributed by atoms with Crippen molar-refractivity contribution >= 4 is 17.5 Å². The van der Waals surface area contributed by atoms with E-state index in [-0.39, 0.29) is 17.5 Å². The van der Waals surface area contributed by atoms with Crippen molar-refractivity contribution in [1.82, 2.24) is 16.0 Å². The standard InChI is InChI=1S/C27H36N4O3/c28-13-3-4-14-29-15-5-6-16-30-17-7-8-18-31-27(34)20-11-12-23-24(19-20)26(33)22-10-2-1-9-21(22)25(23)32/h1-2,9-12,19,29-30H,3-8,13-18,28H2,(H,31,34). The molecule has 2 aromatic carbocycles. The molecule has 0 saturated heterocycles. The van der Waals surface area contributed by atoms with Gasteiger partial charge >= 0.3 is 0 Å². The molecular formula is C27H36N4O3. The van der Waals surface area contributed by atoms with Crippen LogP contribution in [0.4, 0.5) is 0 Å². The average Bonchev–Trinajstić information content (AvgIpc) is 2.87. The average molecular weight is 465 g/mol. The molecule has 7 heteroatoms. The van der Waals surface area contributed by atoms with Crippen LogP contribution in [-0.2, 0) is 0 Å². The first-order valence-electron chi connectivity index (χ1n) is 12.4. The van der Waals surface area contributed by atoms with Crippen molar-refractivity contribution in [3.05, 3.63) is 70.3 Å². The number of nitrogens with two attached hydrogens (primary N) is 1. The third-order valence-electron chi connectivity index (χ3n) is 6.02. The van der Waals surface area contributed by atoms with Gasteiger partial charge in [0, 0.05) is 34.4 Å². The van der Waals surface area contributed by atoms with E-state index < -0.39 is 0 Å². The molecule has 0 aromatic heterocycles. The lowest BCUT2D eigenvalue weighted by Crippen LogP contribution is -2.27. The number of fused-ring (bicyclic) bond motifs is 2. The molecule has 3 rings (SSSR count). The van der Waals surface area contributed by atoms with E-state index in [0.29, 0.717) is 34.4 Å². The van der Waals surface area contributed by atoms with Gasteiger partial charge < -0.3 is 21.7 Å². The summed E-state index contributed by atoms with van der Waals surface area (Å²) in [6, 6.07) is 11.5. The molecule has 34 heavy (non-hydrogen) atoms. The third kappa shape index (κ3) is 7.06. The highest BCUT2D eigenvalue weighted by Gasteiger charge is 2.29. The van der Waals surface area contributed by atoms with Crippen LogP contribution >= 0.6 is 0 Å². The Morgan fingerprint density at radius 2 is 1.15 bits per heavy atom. The second-order valence-corrected chi connectivity index (χ2v) is 8.63. The van der Waals surface area contributed by atoms with E-state index in [2.05, 4.69) is 16.0 Å². The predicted octanol–water partition coefficient (Wildman–Crippen LogP) is 2.67. The summed E-state index contributed by atoms with van der Waals surface area (Å²) < 4.78 is 0. The number of rotatable bonds is 15. The molecule has 0 aliphatic heterocycles. The molecule has 0 bridgehead atoms. The van der Waals surface area contributed by atoms with Crippen molar-refractivity contribution in [3.8, 4) is 0 Å². The summed E-state index contributed by atoms with van der Waals surface area (Å²) in [5.74, 6) is -0.620. The van der Waals surface area contributed by atoms with Gasteiger partial charge in [0.15, 0.2) is 11.6 Å². The summed E-state index contributed by atoms with van der Waals surface area (Å²) in [5.41, 5.74) is 7.34. The number of amides is 1. The van der Waals surface area contributed by atoms with E-state index in [4.69, 9.17) is 5.73 Å². The zero-order chi connectivity index (χ0) is 24.2. The number of carbonyl (C=O) groups excluding carboxylic acids is 3. The highest BCUT2D eigenvalue weighted by atomic mass is 16.2.